The summed E-state index contributed by atoms with van der Waals surface area (Å²) in [5.74, 6) is -1.89. The number of carbonyl (C=O) groups excluding carboxylic acids is 3. The second kappa shape index (κ2) is 10.3. The Kier molecular flexibility index (Phi) is 7.17. The van der Waals surface area contributed by atoms with Gasteiger partial charge in [-0.3, -0.25) is 14.4 Å². The maximum absolute atomic E-state index is 13.2. The number of nitrogens with zero attached hydrogens (tertiary/aromatic N) is 2. The molecule has 0 aliphatic carbocycles. The summed E-state index contributed by atoms with van der Waals surface area (Å²) < 4.78 is 33.3. The minimum Gasteiger partial charge on any atom is -0.378 e. The van der Waals surface area contributed by atoms with Crippen LogP contribution in [0.5, 0.6) is 0 Å². The first-order valence-electron chi connectivity index (χ1n) is 11.1. The number of fused-ring (bicyclic) bond motifs is 1. The predicted octanol–water partition coefficient (Wildman–Crippen LogP) is 1.87. The van der Waals surface area contributed by atoms with Crippen LogP contribution in [0.25, 0.3) is 10.9 Å². The van der Waals surface area contributed by atoms with Gasteiger partial charge < -0.3 is 24.8 Å². The molecule has 0 bridgehead atoms. The van der Waals surface area contributed by atoms with Gasteiger partial charge in [-0.05, 0) is 24.3 Å². The summed E-state index contributed by atoms with van der Waals surface area (Å²) in [7, 11) is -4.02. The molecule has 184 valence electrons. The quantitative estimate of drug-likeness (QED) is 0.512. The average molecular weight is 499 g/mol. The largest absolute Gasteiger partial charge is 0.378 e. The predicted molar refractivity (Wildman–Crippen MR) is 131 cm³/mol. The molecule has 2 heterocycles. The number of ether oxygens (including phenoxy) is 1. The number of morpholine rings is 1. The van der Waals surface area contributed by atoms with Crippen LogP contribution < -0.4 is 10.6 Å². The average Bonchev–Trinajstić information content (AvgIpc) is 3.18. The van der Waals surface area contributed by atoms with Gasteiger partial charge in [0.1, 0.15) is 12.3 Å². The minimum atomic E-state index is -4.02. The third-order valence-corrected chi connectivity index (χ3v) is 7.18. The molecule has 2 aromatic carbocycles. The van der Waals surface area contributed by atoms with Crippen molar-refractivity contribution in [2.24, 2.45) is 0 Å². The number of carbonyl (C=O) groups is 3. The van der Waals surface area contributed by atoms with E-state index in [1.807, 2.05) is 0 Å². The summed E-state index contributed by atoms with van der Waals surface area (Å²) >= 11 is 0. The SMILES string of the molecule is CC(=O)Nc1cccc(NC(=O)CS(=O)(=O)c2cn(CC(=O)N3CCOCC3)c3ccccc23)c1. The fourth-order valence-corrected chi connectivity index (χ4v) is 5.34. The van der Waals surface area contributed by atoms with Crippen LogP contribution in [0.3, 0.4) is 0 Å². The first kappa shape index (κ1) is 24.4. The zero-order valence-corrected chi connectivity index (χ0v) is 20.0. The molecule has 4 rings (SSSR count). The summed E-state index contributed by atoms with van der Waals surface area (Å²) in [5, 5.41) is 5.62. The molecule has 35 heavy (non-hydrogen) atoms. The van der Waals surface area contributed by atoms with E-state index in [0.717, 1.165) is 0 Å². The molecular weight excluding hydrogens is 472 g/mol. The molecule has 1 fully saturated rings. The van der Waals surface area contributed by atoms with E-state index in [1.54, 1.807) is 51.9 Å². The number of aromatic nitrogens is 1. The summed E-state index contributed by atoms with van der Waals surface area (Å²) in [5.41, 5.74) is 1.43. The van der Waals surface area contributed by atoms with Crippen molar-refractivity contribution in [3.05, 3.63) is 54.7 Å². The first-order chi connectivity index (χ1) is 16.7. The van der Waals surface area contributed by atoms with Crippen LogP contribution in [0.1, 0.15) is 6.92 Å². The van der Waals surface area contributed by atoms with E-state index in [2.05, 4.69) is 10.6 Å². The second-order valence-electron chi connectivity index (χ2n) is 8.20. The van der Waals surface area contributed by atoms with Crippen molar-refractivity contribution < 1.29 is 27.5 Å². The fourth-order valence-electron chi connectivity index (χ4n) is 3.98. The van der Waals surface area contributed by atoms with E-state index < -0.39 is 21.5 Å². The van der Waals surface area contributed by atoms with Crippen molar-refractivity contribution in [1.29, 1.82) is 0 Å². The molecule has 0 saturated carbocycles. The van der Waals surface area contributed by atoms with Crippen LogP contribution in [-0.4, -0.2) is 67.7 Å². The summed E-state index contributed by atoms with van der Waals surface area (Å²) in [6.45, 7) is 3.28. The van der Waals surface area contributed by atoms with Crippen molar-refractivity contribution in [3.8, 4) is 0 Å². The van der Waals surface area contributed by atoms with Crippen molar-refractivity contribution in [2.75, 3.05) is 42.7 Å². The van der Waals surface area contributed by atoms with Crippen LogP contribution in [-0.2, 0) is 35.5 Å². The van der Waals surface area contributed by atoms with Gasteiger partial charge in [0.15, 0.2) is 9.84 Å². The number of hydrogen-bond donors (Lipinski definition) is 2. The Hall–Kier alpha value is -3.70. The lowest BCUT2D eigenvalue weighted by molar-refractivity contribution is -0.135. The molecule has 11 heteroatoms. The lowest BCUT2D eigenvalue weighted by Gasteiger charge is -2.27. The van der Waals surface area contributed by atoms with Crippen LogP contribution >= 0.6 is 0 Å². The highest BCUT2D eigenvalue weighted by atomic mass is 32.2. The molecule has 1 aliphatic rings. The lowest BCUT2D eigenvalue weighted by Crippen LogP contribution is -2.42. The van der Waals surface area contributed by atoms with Gasteiger partial charge in [-0.15, -0.1) is 0 Å². The van der Waals surface area contributed by atoms with Crippen molar-refractivity contribution in [2.45, 2.75) is 18.4 Å². The molecule has 0 spiro atoms. The summed E-state index contributed by atoms with van der Waals surface area (Å²) in [6.07, 6.45) is 1.42. The summed E-state index contributed by atoms with van der Waals surface area (Å²) in [6, 6.07) is 13.3. The van der Waals surface area contributed by atoms with Crippen LogP contribution in [0.4, 0.5) is 11.4 Å². The number of amides is 3. The Bertz CT molecular complexity index is 1380. The van der Waals surface area contributed by atoms with Gasteiger partial charge in [0.2, 0.25) is 17.7 Å². The molecule has 2 N–H and O–H groups in total. The van der Waals surface area contributed by atoms with Crippen LogP contribution in [0, 0.1) is 0 Å². The summed E-state index contributed by atoms with van der Waals surface area (Å²) in [4.78, 5) is 38.3. The Morgan fingerprint density at radius 3 is 2.37 bits per heavy atom. The molecule has 1 saturated heterocycles. The number of rotatable bonds is 7. The molecule has 10 nitrogen and oxygen atoms in total. The highest BCUT2D eigenvalue weighted by Crippen LogP contribution is 2.27. The molecule has 0 radical (unpaired) electrons. The van der Waals surface area contributed by atoms with Crippen LogP contribution in [0.15, 0.2) is 59.6 Å². The first-order valence-corrected chi connectivity index (χ1v) is 12.7. The Morgan fingerprint density at radius 2 is 1.66 bits per heavy atom. The Morgan fingerprint density at radius 1 is 0.971 bits per heavy atom. The normalized spacial score (nSPS) is 14.0. The Balaban J connectivity index is 1.53. The molecule has 0 unspecified atom stereocenters. The Labute approximate surface area is 202 Å². The van der Waals surface area contributed by atoms with E-state index in [1.165, 1.54) is 19.2 Å². The highest BCUT2D eigenvalue weighted by Gasteiger charge is 2.26. The van der Waals surface area contributed by atoms with Crippen molar-refractivity contribution >= 4 is 49.8 Å². The van der Waals surface area contributed by atoms with Crippen molar-refractivity contribution in [1.82, 2.24) is 9.47 Å². The number of para-hydroxylation sites is 1. The van der Waals surface area contributed by atoms with Gasteiger partial charge in [0.25, 0.3) is 0 Å². The lowest BCUT2D eigenvalue weighted by atomic mass is 10.2. The van der Waals surface area contributed by atoms with Crippen molar-refractivity contribution in [3.63, 3.8) is 0 Å². The molecule has 0 atom stereocenters. The van der Waals surface area contributed by atoms with Gasteiger partial charge in [-0.25, -0.2) is 8.42 Å². The van der Waals surface area contributed by atoms with Crippen LogP contribution in [0.2, 0.25) is 0 Å². The van der Waals surface area contributed by atoms with E-state index in [0.29, 0.717) is 48.6 Å². The maximum Gasteiger partial charge on any atom is 0.242 e. The molecule has 1 aliphatic heterocycles. The third kappa shape index (κ3) is 5.87. The molecule has 3 amide bonds. The van der Waals surface area contributed by atoms with E-state index in [-0.39, 0.29) is 23.3 Å². The van der Waals surface area contributed by atoms with E-state index >= 15 is 0 Å². The monoisotopic (exact) mass is 498 g/mol. The number of nitrogens with one attached hydrogen (secondary N) is 2. The van der Waals surface area contributed by atoms with Gasteiger partial charge in [-0.1, -0.05) is 24.3 Å². The molecule has 3 aromatic rings. The zero-order chi connectivity index (χ0) is 25.0. The second-order valence-corrected chi connectivity index (χ2v) is 10.2. The number of hydrogen-bond acceptors (Lipinski definition) is 6. The van der Waals surface area contributed by atoms with E-state index in [4.69, 9.17) is 4.74 Å². The zero-order valence-electron chi connectivity index (χ0n) is 19.2. The van der Waals surface area contributed by atoms with E-state index in [9.17, 15) is 22.8 Å². The van der Waals surface area contributed by atoms with Gasteiger partial charge >= 0.3 is 0 Å². The van der Waals surface area contributed by atoms with Gasteiger partial charge in [0.05, 0.1) is 18.1 Å². The van der Waals surface area contributed by atoms with Gasteiger partial charge in [-0.2, -0.15) is 0 Å². The number of anilines is 2. The molecular formula is C24H26N4O6S. The smallest absolute Gasteiger partial charge is 0.242 e. The standard InChI is InChI=1S/C24H26N4O6S/c1-17(29)25-18-5-4-6-19(13-18)26-23(30)16-35(32,33)22-14-28(21-8-3-2-7-20(21)22)15-24(31)27-9-11-34-12-10-27/h2-8,13-14H,9-12,15-16H2,1H3,(H,25,29)(H,26,30). The topological polar surface area (TPSA) is 127 Å². The minimum absolute atomic E-state index is 0.00924. The highest BCUT2D eigenvalue weighted by molar-refractivity contribution is 7.92. The number of sulfone groups is 1. The van der Waals surface area contributed by atoms with Gasteiger partial charge in [0, 0.05) is 48.5 Å². The third-order valence-electron chi connectivity index (χ3n) is 5.54. The maximum atomic E-state index is 13.2. The molecule has 1 aromatic heterocycles. The number of benzene rings is 2. The fraction of sp³-hybridized carbons (Fsp3) is 0.292.